The van der Waals surface area contributed by atoms with Crippen LogP contribution >= 0.6 is 0 Å². The van der Waals surface area contributed by atoms with Crippen LogP contribution in [-0.4, -0.2) is 36.5 Å². The minimum absolute atomic E-state index is 0.296. The van der Waals surface area contributed by atoms with E-state index in [1.807, 2.05) is 4.90 Å². The number of nitrogens with zero attached hydrogens (tertiary/aromatic N) is 1. The summed E-state index contributed by atoms with van der Waals surface area (Å²) in [5.41, 5.74) is 0.416. The van der Waals surface area contributed by atoms with E-state index in [0.717, 1.165) is 13.1 Å². The number of rotatable bonds is 3. The Kier molecular flexibility index (Phi) is 3.53. The summed E-state index contributed by atoms with van der Waals surface area (Å²) in [6, 6.07) is 0.559. The number of nitrogens with one attached hydrogen (secondary N) is 1. The lowest BCUT2D eigenvalue weighted by molar-refractivity contribution is -0.130. The van der Waals surface area contributed by atoms with Gasteiger partial charge in [-0.15, -0.1) is 0 Å². The molecule has 92 valence electrons. The predicted molar refractivity (Wildman–Crippen MR) is 65.2 cm³/mol. The standard InChI is InChI=1S/C13H24N2O/c1-13(2)9-11(13)14-10-12(16)15-7-5-3-4-6-8-15/h11,14H,3-10H2,1-2H3. The van der Waals surface area contributed by atoms with Crippen LogP contribution in [-0.2, 0) is 4.79 Å². The quantitative estimate of drug-likeness (QED) is 0.792. The lowest BCUT2D eigenvalue weighted by Crippen LogP contribution is -2.40. The fourth-order valence-electron chi connectivity index (χ4n) is 2.46. The van der Waals surface area contributed by atoms with Crippen LogP contribution in [0.3, 0.4) is 0 Å². The largest absolute Gasteiger partial charge is 0.342 e. The molecule has 2 aliphatic rings. The Hall–Kier alpha value is -0.570. The summed E-state index contributed by atoms with van der Waals surface area (Å²) in [5, 5.41) is 3.37. The van der Waals surface area contributed by atoms with E-state index < -0.39 is 0 Å². The van der Waals surface area contributed by atoms with Crippen molar-refractivity contribution in [1.29, 1.82) is 0 Å². The summed E-state index contributed by atoms with van der Waals surface area (Å²) in [4.78, 5) is 14.0. The predicted octanol–water partition coefficient (Wildman–Crippen LogP) is 1.78. The van der Waals surface area contributed by atoms with Crippen LogP contribution in [0.1, 0.15) is 46.0 Å². The van der Waals surface area contributed by atoms with Crippen LogP contribution in [0, 0.1) is 5.41 Å². The van der Waals surface area contributed by atoms with Gasteiger partial charge in [0.15, 0.2) is 0 Å². The Morgan fingerprint density at radius 2 is 1.81 bits per heavy atom. The van der Waals surface area contributed by atoms with Gasteiger partial charge in [0.25, 0.3) is 0 Å². The van der Waals surface area contributed by atoms with Crippen LogP contribution in [0.25, 0.3) is 0 Å². The van der Waals surface area contributed by atoms with E-state index in [1.54, 1.807) is 0 Å². The zero-order valence-electron chi connectivity index (χ0n) is 10.6. The maximum absolute atomic E-state index is 12.0. The molecule has 1 saturated carbocycles. The average molecular weight is 224 g/mol. The first kappa shape index (κ1) is 11.9. The molecule has 1 aliphatic heterocycles. The second-order valence-corrected chi connectivity index (χ2v) is 5.92. The van der Waals surface area contributed by atoms with Crippen LogP contribution in [0.2, 0.25) is 0 Å². The Bertz CT molecular complexity index is 255. The molecule has 0 bridgehead atoms. The van der Waals surface area contributed by atoms with E-state index in [1.165, 1.54) is 32.1 Å². The molecule has 3 nitrogen and oxygen atoms in total. The molecule has 1 atom stereocenters. The topological polar surface area (TPSA) is 32.3 Å². The summed E-state index contributed by atoms with van der Waals surface area (Å²) < 4.78 is 0. The maximum Gasteiger partial charge on any atom is 0.236 e. The Balaban J connectivity index is 1.70. The molecule has 3 heteroatoms. The molecule has 0 spiro atoms. The lowest BCUT2D eigenvalue weighted by Gasteiger charge is -2.20. The molecule has 2 fully saturated rings. The fourth-order valence-corrected chi connectivity index (χ4v) is 2.46. The van der Waals surface area contributed by atoms with Crippen LogP contribution in [0.15, 0.2) is 0 Å². The van der Waals surface area contributed by atoms with Gasteiger partial charge in [-0.25, -0.2) is 0 Å². The molecule has 0 aromatic carbocycles. The zero-order valence-corrected chi connectivity index (χ0v) is 10.6. The SMILES string of the molecule is CC1(C)CC1NCC(=O)N1CCCCCC1. The van der Waals surface area contributed by atoms with Gasteiger partial charge < -0.3 is 10.2 Å². The molecular formula is C13H24N2O. The summed E-state index contributed by atoms with van der Waals surface area (Å²) in [6.45, 7) is 6.97. The van der Waals surface area contributed by atoms with E-state index in [0.29, 0.717) is 23.9 Å². The van der Waals surface area contributed by atoms with Crippen LogP contribution in [0.4, 0.5) is 0 Å². The molecule has 1 unspecified atom stereocenters. The number of likely N-dealkylation sites (tertiary alicyclic amines) is 1. The van der Waals surface area contributed by atoms with Crippen molar-refractivity contribution in [2.24, 2.45) is 5.41 Å². The molecule has 16 heavy (non-hydrogen) atoms. The third-order valence-electron chi connectivity index (χ3n) is 3.97. The summed E-state index contributed by atoms with van der Waals surface area (Å²) >= 11 is 0. The minimum atomic E-state index is 0.296. The van der Waals surface area contributed by atoms with E-state index in [9.17, 15) is 4.79 Å². The van der Waals surface area contributed by atoms with Gasteiger partial charge in [-0.3, -0.25) is 4.79 Å². The number of amides is 1. The van der Waals surface area contributed by atoms with Crippen molar-refractivity contribution in [2.45, 2.75) is 52.0 Å². The Morgan fingerprint density at radius 1 is 1.25 bits per heavy atom. The third kappa shape index (κ3) is 2.97. The van der Waals surface area contributed by atoms with Crippen molar-refractivity contribution in [3.05, 3.63) is 0 Å². The van der Waals surface area contributed by atoms with Gasteiger partial charge in [-0.2, -0.15) is 0 Å². The average Bonchev–Trinajstić information content (AvgIpc) is 2.92. The van der Waals surface area contributed by atoms with Gasteiger partial charge in [0.2, 0.25) is 5.91 Å². The van der Waals surface area contributed by atoms with Crippen molar-refractivity contribution < 1.29 is 4.79 Å². The maximum atomic E-state index is 12.0. The van der Waals surface area contributed by atoms with Crippen molar-refractivity contribution in [1.82, 2.24) is 10.2 Å². The van der Waals surface area contributed by atoms with E-state index >= 15 is 0 Å². The van der Waals surface area contributed by atoms with Gasteiger partial charge in [-0.1, -0.05) is 26.7 Å². The van der Waals surface area contributed by atoms with Gasteiger partial charge in [0, 0.05) is 19.1 Å². The molecule has 2 rings (SSSR count). The molecule has 0 aromatic heterocycles. The molecule has 1 saturated heterocycles. The monoisotopic (exact) mass is 224 g/mol. The normalized spacial score (nSPS) is 28.6. The Morgan fingerprint density at radius 3 is 2.31 bits per heavy atom. The molecule has 1 heterocycles. The van der Waals surface area contributed by atoms with Gasteiger partial charge in [-0.05, 0) is 24.7 Å². The van der Waals surface area contributed by atoms with E-state index in [2.05, 4.69) is 19.2 Å². The molecule has 1 N–H and O–H groups in total. The zero-order chi connectivity index (χ0) is 11.6. The second kappa shape index (κ2) is 4.74. The second-order valence-electron chi connectivity index (χ2n) is 5.92. The molecule has 0 radical (unpaired) electrons. The first-order valence-corrected chi connectivity index (χ1v) is 6.61. The van der Waals surface area contributed by atoms with Crippen molar-refractivity contribution >= 4 is 5.91 Å². The van der Waals surface area contributed by atoms with Crippen LogP contribution in [0.5, 0.6) is 0 Å². The van der Waals surface area contributed by atoms with Crippen molar-refractivity contribution in [3.8, 4) is 0 Å². The number of hydrogen-bond donors (Lipinski definition) is 1. The molecule has 1 amide bonds. The van der Waals surface area contributed by atoms with Gasteiger partial charge in [0.1, 0.15) is 0 Å². The summed E-state index contributed by atoms with van der Waals surface area (Å²) in [6.07, 6.45) is 6.14. The summed E-state index contributed by atoms with van der Waals surface area (Å²) in [7, 11) is 0. The molecule has 0 aromatic rings. The minimum Gasteiger partial charge on any atom is -0.342 e. The van der Waals surface area contributed by atoms with Gasteiger partial charge in [0.05, 0.1) is 6.54 Å². The highest BCUT2D eigenvalue weighted by Gasteiger charge is 2.45. The highest BCUT2D eigenvalue weighted by atomic mass is 16.2. The van der Waals surface area contributed by atoms with E-state index in [4.69, 9.17) is 0 Å². The number of hydrogen-bond acceptors (Lipinski definition) is 2. The van der Waals surface area contributed by atoms with Gasteiger partial charge >= 0.3 is 0 Å². The highest BCUT2D eigenvalue weighted by molar-refractivity contribution is 5.78. The molecule has 1 aliphatic carbocycles. The van der Waals surface area contributed by atoms with E-state index in [-0.39, 0.29) is 0 Å². The lowest BCUT2D eigenvalue weighted by atomic mass is 10.2. The third-order valence-corrected chi connectivity index (χ3v) is 3.97. The fraction of sp³-hybridized carbons (Fsp3) is 0.923. The highest BCUT2D eigenvalue weighted by Crippen LogP contribution is 2.44. The summed E-state index contributed by atoms with van der Waals surface area (Å²) in [5.74, 6) is 0.296. The van der Waals surface area contributed by atoms with Crippen LogP contribution < -0.4 is 5.32 Å². The number of carbonyl (C=O) groups is 1. The first-order valence-electron chi connectivity index (χ1n) is 6.61. The van der Waals surface area contributed by atoms with Crippen molar-refractivity contribution in [2.75, 3.05) is 19.6 Å². The smallest absolute Gasteiger partial charge is 0.236 e. The first-order chi connectivity index (χ1) is 7.59. The molecular weight excluding hydrogens is 200 g/mol. The Labute approximate surface area is 98.6 Å². The number of carbonyl (C=O) groups excluding carboxylic acids is 1. The van der Waals surface area contributed by atoms with Crippen molar-refractivity contribution in [3.63, 3.8) is 0 Å².